The first kappa shape index (κ1) is 16.0. The molecule has 1 aliphatic heterocycles. The van der Waals surface area contributed by atoms with E-state index >= 15 is 0 Å². The summed E-state index contributed by atoms with van der Waals surface area (Å²) in [7, 11) is 2.28. The Labute approximate surface area is 128 Å². The first-order valence-electron chi connectivity index (χ1n) is 8.10. The van der Waals surface area contributed by atoms with Crippen LogP contribution in [0.2, 0.25) is 0 Å². The molecule has 0 bridgehead atoms. The van der Waals surface area contributed by atoms with Crippen molar-refractivity contribution in [2.75, 3.05) is 26.7 Å². The summed E-state index contributed by atoms with van der Waals surface area (Å²) < 4.78 is 0. The molecule has 0 aromatic carbocycles. The minimum atomic E-state index is 0.644. The number of likely N-dealkylation sites (N-methyl/N-ethyl adjacent to an activating group) is 1. The molecule has 20 heavy (non-hydrogen) atoms. The van der Waals surface area contributed by atoms with Gasteiger partial charge in [0.05, 0.1) is 0 Å². The summed E-state index contributed by atoms with van der Waals surface area (Å²) >= 11 is 1.88. The maximum atomic E-state index is 3.54. The molecule has 0 aliphatic carbocycles. The predicted molar refractivity (Wildman–Crippen MR) is 89.5 cm³/mol. The fourth-order valence-corrected chi connectivity index (χ4v) is 3.93. The number of nitrogens with one attached hydrogen (secondary N) is 1. The Kier molecular flexibility index (Phi) is 6.53. The van der Waals surface area contributed by atoms with Gasteiger partial charge in [0.25, 0.3) is 0 Å². The van der Waals surface area contributed by atoms with E-state index in [1.165, 1.54) is 50.2 Å². The standard InChI is InChI=1S/C17H30N2S/c1-14(16-6-4-9-18-13-16)8-10-19(3)15(2)12-17-7-5-11-20-17/h5,7,11,14-16,18H,4,6,8-10,12-13H2,1-3H3. The Morgan fingerprint density at radius 1 is 1.45 bits per heavy atom. The molecular weight excluding hydrogens is 264 g/mol. The minimum Gasteiger partial charge on any atom is -0.316 e. The number of rotatable bonds is 7. The first-order chi connectivity index (χ1) is 9.66. The van der Waals surface area contributed by atoms with Crippen molar-refractivity contribution >= 4 is 11.3 Å². The lowest BCUT2D eigenvalue weighted by molar-refractivity contribution is 0.204. The van der Waals surface area contributed by atoms with Gasteiger partial charge in [-0.1, -0.05) is 13.0 Å². The van der Waals surface area contributed by atoms with Crippen LogP contribution in [0.5, 0.6) is 0 Å². The second-order valence-corrected chi connectivity index (χ2v) is 7.52. The van der Waals surface area contributed by atoms with Gasteiger partial charge in [0.1, 0.15) is 0 Å². The topological polar surface area (TPSA) is 15.3 Å². The third-order valence-corrected chi connectivity index (χ3v) is 5.80. The molecule has 2 rings (SSSR count). The Bertz CT molecular complexity index is 357. The third kappa shape index (κ3) is 4.87. The predicted octanol–water partition coefficient (Wildman–Crippen LogP) is 3.64. The van der Waals surface area contributed by atoms with Gasteiger partial charge < -0.3 is 10.2 Å². The minimum absolute atomic E-state index is 0.644. The summed E-state index contributed by atoms with van der Waals surface area (Å²) in [6.07, 6.45) is 5.30. The lowest BCUT2D eigenvalue weighted by Gasteiger charge is -2.31. The number of hydrogen-bond donors (Lipinski definition) is 1. The average molecular weight is 295 g/mol. The average Bonchev–Trinajstić information content (AvgIpc) is 2.98. The smallest absolute Gasteiger partial charge is 0.0112 e. The van der Waals surface area contributed by atoms with E-state index in [0.29, 0.717) is 6.04 Å². The highest BCUT2D eigenvalue weighted by Crippen LogP contribution is 2.23. The van der Waals surface area contributed by atoms with E-state index in [4.69, 9.17) is 0 Å². The Morgan fingerprint density at radius 2 is 2.30 bits per heavy atom. The van der Waals surface area contributed by atoms with Crippen LogP contribution in [0.4, 0.5) is 0 Å². The molecule has 0 spiro atoms. The highest BCUT2D eigenvalue weighted by Gasteiger charge is 2.20. The first-order valence-corrected chi connectivity index (χ1v) is 8.98. The van der Waals surface area contributed by atoms with Crippen LogP contribution in [0.1, 0.15) is 38.0 Å². The van der Waals surface area contributed by atoms with Crippen molar-refractivity contribution < 1.29 is 0 Å². The molecule has 1 aromatic rings. The van der Waals surface area contributed by atoms with Crippen LogP contribution < -0.4 is 5.32 Å². The number of nitrogens with zero attached hydrogens (tertiary/aromatic N) is 1. The molecule has 1 N–H and O–H groups in total. The van der Waals surface area contributed by atoms with Crippen molar-refractivity contribution in [3.8, 4) is 0 Å². The highest BCUT2D eigenvalue weighted by molar-refractivity contribution is 7.09. The summed E-state index contributed by atoms with van der Waals surface area (Å²) in [6.45, 7) is 8.48. The Morgan fingerprint density at radius 3 is 2.95 bits per heavy atom. The van der Waals surface area contributed by atoms with Gasteiger partial charge >= 0.3 is 0 Å². The van der Waals surface area contributed by atoms with Crippen LogP contribution in [-0.4, -0.2) is 37.6 Å². The molecule has 3 heteroatoms. The largest absolute Gasteiger partial charge is 0.316 e. The Hall–Kier alpha value is -0.380. The molecule has 0 amide bonds. The molecule has 1 fully saturated rings. The van der Waals surface area contributed by atoms with Crippen molar-refractivity contribution in [2.45, 2.75) is 45.6 Å². The van der Waals surface area contributed by atoms with Crippen molar-refractivity contribution in [2.24, 2.45) is 11.8 Å². The highest BCUT2D eigenvalue weighted by atomic mass is 32.1. The van der Waals surface area contributed by atoms with Gasteiger partial charge in [-0.15, -0.1) is 11.3 Å². The summed E-state index contributed by atoms with van der Waals surface area (Å²) in [4.78, 5) is 4.04. The zero-order valence-corrected chi connectivity index (χ0v) is 14.1. The van der Waals surface area contributed by atoms with E-state index in [9.17, 15) is 0 Å². The second-order valence-electron chi connectivity index (χ2n) is 6.49. The van der Waals surface area contributed by atoms with Gasteiger partial charge in [-0.3, -0.25) is 0 Å². The van der Waals surface area contributed by atoms with Crippen LogP contribution in [-0.2, 0) is 6.42 Å². The molecule has 2 nitrogen and oxygen atoms in total. The lowest BCUT2D eigenvalue weighted by Crippen LogP contribution is -2.36. The molecule has 0 saturated carbocycles. The quantitative estimate of drug-likeness (QED) is 0.826. The summed E-state index contributed by atoms with van der Waals surface area (Å²) in [5, 5.41) is 5.72. The maximum Gasteiger partial charge on any atom is 0.0112 e. The van der Waals surface area contributed by atoms with Crippen molar-refractivity contribution in [3.63, 3.8) is 0 Å². The van der Waals surface area contributed by atoms with Gasteiger partial charge in [-0.25, -0.2) is 0 Å². The molecule has 0 radical (unpaired) electrons. The van der Waals surface area contributed by atoms with E-state index in [1.54, 1.807) is 0 Å². The van der Waals surface area contributed by atoms with Gasteiger partial charge in [0.15, 0.2) is 0 Å². The van der Waals surface area contributed by atoms with Crippen molar-refractivity contribution in [1.82, 2.24) is 10.2 Å². The van der Waals surface area contributed by atoms with E-state index in [-0.39, 0.29) is 0 Å². The zero-order valence-electron chi connectivity index (χ0n) is 13.3. The number of thiophene rings is 1. The fourth-order valence-electron chi connectivity index (χ4n) is 3.10. The van der Waals surface area contributed by atoms with Gasteiger partial charge in [0.2, 0.25) is 0 Å². The summed E-state index contributed by atoms with van der Waals surface area (Å²) in [5.74, 6) is 1.74. The van der Waals surface area contributed by atoms with Gasteiger partial charge in [-0.05, 0) is 82.6 Å². The molecular formula is C17H30N2S. The third-order valence-electron chi connectivity index (χ3n) is 4.91. The van der Waals surface area contributed by atoms with Gasteiger partial charge in [0, 0.05) is 10.9 Å². The molecule has 3 unspecified atom stereocenters. The van der Waals surface area contributed by atoms with Gasteiger partial charge in [-0.2, -0.15) is 0 Å². The fraction of sp³-hybridized carbons (Fsp3) is 0.765. The van der Waals surface area contributed by atoms with Crippen LogP contribution in [0, 0.1) is 11.8 Å². The monoisotopic (exact) mass is 294 g/mol. The second kappa shape index (κ2) is 8.16. The van der Waals surface area contributed by atoms with E-state index in [2.05, 4.69) is 48.6 Å². The van der Waals surface area contributed by atoms with Crippen LogP contribution in [0.15, 0.2) is 17.5 Å². The van der Waals surface area contributed by atoms with E-state index in [0.717, 1.165) is 11.8 Å². The lowest BCUT2D eigenvalue weighted by atomic mass is 9.85. The SMILES string of the molecule is CC(CCN(C)C(C)Cc1cccs1)C1CCCNC1. The van der Waals surface area contributed by atoms with Crippen molar-refractivity contribution in [3.05, 3.63) is 22.4 Å². The normalized spacial score (nSPS) is 22.9. The molecule has 1 saturated heterocycles. The van der Waals surface area contributed by atoms with Crippen LogP contribution >= 0.6 is 11.3 Å². The van der Waals surface area contributed by atoms with Crippen LogP contribution in [0.3, 0.4) is 0 Å². The molecule has 1 aliphatic rings. The number of hydrogen-bond acceptors (Lipinski definition) is 3. The summed E-state index contributed by atoms with van der Waals surface area (Å²) in [5.41, 5.74) is 0. The number of piperidine rings is 1. The molecule has 3 atom stereocenters. The molecule has 1 aromatic heterocycles. The van der Waals surface area contributed by atoms with E-state index < -0.39 is 0 Å². The molecule has 114 valence electrons. The Balaban J connectivity index is 1.69. The zero-order chi connectivity index (χ0) is 14.4. The maximum absolute atomic E-state index is 3.54. The van der Waals surface area contributed by atoms with Crippen LogP contribution in [0.25, 0.3) is 0 Å². The molecule has 2 heterocycles. The van der Waals surface area contributed by atoms with E-state index in [1.807, 2.05) is 11.3 Å². The summed E-state index contributed by atoms with van der Waals surface area (Å²) in [6, 6.07) is 5.06. The van der Waals surface area contributed by atoms with Crippen molar-refractivity contribution in [1.29, 1.82) is 0 Å².